The average molecular weight is 316 g/mol. The third kappa shape index (κ3) is 6.60. The minimum Gasteiger partial charge on any atom is -0.388 e. The molecule has 3 nitrogen and oxygen atoms in total. The van der Waals surface area contributed by atoms with Gasteiger partial charge in [-0.3, -0.25) is 4.99 Å². The minimum absolute atomic E-state index is 0.190. The molecule has 1 unspecified atom stereocenters. The van der Waals surface area contributed by atoms with E-state index in [2.05, 4.69) is 4.99 Å². The Morgan fingerprint density at radius 1 is 1.20 bits per heavy atom. The molecule has 5 heteroatoms. The van der Waals surface area contributed by atoms with E-state index in [0.29, 0.717) is 15.9 Å². The molecule has 4 N–H and O–H groups in total. The highest BCUT2D eigenvalue weighted by Crippen LogP contribution is 2.24. The lowest BCUT2D eigenvalue weighted by molar-refractivity contribution is 0.552. The van der Waals surface area contributed by atoms with Crippen LogP contribution in [0, 0.1) is 0 Å². The van der Waals surface area contributed by atoms with Gasteiger partial charge in [0.25, 0.3) is 0 Å². The van der Waals surface area contributed by atoms with Crippen molar-refractivity contribution in [3.63, 3.8) is 0 Å². The number of hydrogen-bond donors (Lipinski definition) is 2. The van der Waals surface area contributed by atoms with Crippen molar-refractivity contribution < 1.29 is 0 Å². The highest BCUT2D eigenvalue weighted by Gasteiger charge is 2.09. The van der Waals surface area contributed by atoms with Crippen LogP contribution in [0.3, 0.4) is 0 Å². The predicted octanol–water partition coefficient (Wildman–Crippen LogP) is 3.80. The molecule has 0 heterocycles. The summed E-state index contributed by atoms with van der Waals surface area (Å²) < 4.78 is 0. The van der Waals surface area contributed by atoms with E-state index in [1.54, 1.807) is 0 Å². The number of halogens is 2. The standard InChI is InChI=1S/C15H23Cl2N3/c1-11(19)20-13(5-3-2-4-8-18)9-12-6-7-14(16)15(17)10-12/h6-7,10,13H,2-5,8-9,18H2,1H3,(H2,19,20). The summed E-state index contributed by atoms with van der Waals surface area (Å²) >= 11 is 12.0. The summed E-state index contributed by atoms with van der Waals surface area (Å²) in [5, 5.41) is 1.16. The second-order valence-electron chi connectivity index (χ2n) is 5.01. The monoisotopic (exact) mass is 315 g/mol. The van der Waals surface area contributed by atoms with E-state index in [1.807, 2.05) is 25.1 Å². The molecule has 20 heavy (non-hydrogen) atoms. The molecule has 1 aromatic rings. The molecular weight excluding hydrogens is 293 g/mol. The van der Waals surface area contributed by atoms with Crippen LogP contribution in [0.25, 0.3) is 0 Å². The van der Waals surface area contributed by atoms with Crippen molar-refractivity contribution >= 4 is 29.0 Å². The first-order valence-electron chi connectivity index (χ1n) is 6.96. The third-order valence-corrected chi connectivity index (χ3v) is 3.82. The lowest BCUT2D eigenvalue weighted by Crippen LogP contribution is -2.16. The molecule has 0 aromatic heterocycles. The molecule has 112 valence electrons. The van der Waals surface area contributed by atoms with Gasteiger partial charge < -0.3 is 11.5 Å². The van der Waals surface area contributed by atoms with Gasteiger partial charge in [0, 0.05) is 0 Å². The fraction of sp³-hybridized carbons (Fsp3) is 0.533. The molecule has 0 saturated carbocycles. The first kappa shape index (κ1) is 17.3. The van der Waals surface area contributed by atoms with Crippen LogP contribution < -0.4 is 11.5 Å². The van der Waals surface area contributed by atoms with E-state index in [0.717, 1.165) is 44.2 Å². The topological polar surface area (TPSA) is 64.4 Å². The van der Waals surface area contributed by atoms with Crippen molar-refractivity contribution in [1.29, 1.82) is 0 Å². The number of aliphatic imine (C=N–C) groups is 1. The molecule has 1 rings (SSSR count). The highest BCUT2D eigenvalue weighted by atomic mass is 35.5. The SMILES string of the molecule is CC(N)=NC(CCCCCN)Cc1ccc(Cl)c(Cl)c1. The zero-order valence-electron chi connectivity index (χ0n) is 11.9. The van der Waals surface area contributed by atoms with Crippen molar-refractivity contribution in [3.05, 3.63) is 33.8 Å². The number of unbranched alkanes of at least 4 members (excludes halogenated alkanes) is 2. The number of amidine groups is 1. The Labute approximate surface area is 131 Å². The first-order chi connectivity index (χ1) is 9.52. The van der Waals surface area contributed by atoms with Crippen LogP contribution in [0.1, 0.15) is 38.2 Å². The summed E-state index contributed by atoms with van der Waals surface area (Å²) in [6.07, 6.45) is 5.14. The van der Waals surface area contributed by atoms with Gasteiger partial charge >= 0.3 is 0 Å². The quantitative estimate of drug-likeness (QED) is 0.435. The molecule has 0 aliphatic carbocycles. The molecular formula is C15H23Cl2N3. The maximum Gasteiger partial charge on any atom is 0.0909 e. The van der Waals surface area contributed by atoms with Gasteiger partial charge in [-0.1, -0.05) is 42.1 Å². The maximum absolute atomic E-state index is 6.04. The Kier molecular flexibility index (Phi) is 7.97. The van der Waals surface area contributed by atoms with Crippen molar-refractivity contribution in [2.75, 3.05) is 6.54 Å². The Morgan fingerprint density at radius 2 is 1.95 bits per heavy atom. The van der Waals surface area contributed by atoms with Crippen molar-refractivity contribution in [1.82, 2.24) is 0 Å². The molecule has 0 aliphatic heterocycles. The van der Waals surface area contributed by atoms with E-state index in [4.69, 9.17) is 34.7 Å². The lowest BCUT2D eigenvalue weighted by atomic mass is 10.0. The zero-order chi connectivity index (χ0) is 15.0. The van der Waals surface area contributed by atoms with Gasteiger partial charge in [0.15, 0.2) is 0 Å². The molecule has 1 atom stereocenters. The van der Waals surface area contributed by atoms with Crippen LogP contribution in [0.4, 0.5) is 0 Å². The predicted molar refractivity (Wildman–Crippen MR) is 88.8 cm³/mol. The van der Waals surface area contributed by atoms with Crippen molar-refractivity contribution in [3.8, 4) is 0 Å². The number of nitrogens with zero attached hydrogens (tertiary/aromatic N) is 1. The largest absolute Gasteiger partial charge is 0.388 e. The third-order valence-electron chi connectivity index (χ3n) is 3.08. The van der Waals surface area contributed by atoms with Crippen molar-refractivity contribution in [2.24, 2.45) is 16.5 Å². The van der Waals surface area contributed by atoms with Gasteiger partial charge in [0.1, 0.15) is 0 Å². The van der Waals surface area contributed by atoms with E-state index >= 15 is 0 Å². The summed E-state index contributed by atoms with van der Waals surface area (Å²) in [6, 6.07) is 5.90. The summed E-state index contributed by atoms with van der Waals surface area (Å²) in [5.41, 5.74) is 12.4. The Hall–Kier alpha value is -0.770. The Balaban J connectivity index is 2.63. The van der Waals surface area contributed by atoms with Crippen LogP contribution in [0.2, 0.25) is 10.0 Å². The fourth-order valence-corrected chi connectivity index (χ4v) is 2.46. The first-order valence-corrected chi connectivity index (χ1v) is 7.72. The van der Waals surface area contributed by atoms with E-state index in [9.17, 15) is 0 Å². The lowest BCUT2D eigenvalue weighted by Gasteiger charge is -2.14. The van der Waals surface area contributed by atoms with Gasteiger partial charge in [-0.05, 0) is 50.4 Å². The van der Waals surface area contributed by atoms with E-state index < -0.39 is 0 Å². The average Bonchev–Trinajstić information content (AvgIpc) is 2.38. The summed E-state index contributed by atoms with van der Waals surface area (Å²) in [5.74, 6) is 0.619. The van der Waals surface area contributed by atoms with Gasteiger partial charge in [-0.2, -0.15) is 0 Å². The van der Waals surface area contributed by atoms with Crippen LogP contribution in [0.15, 0.2) is 23.2 Å². The number of nitrogens with two attached hydrogens (primary N) is 2. The highest BCUT2D eigenvalue weighted by molar-refractivity contribution is 6.42. The molecule has 0 fully saturated rings. The summed E-state index contributed by atoms with van der Waals surface area (Å²) in [7, 11) is 0. The summed E-state index contributed by atoms with van der Waals surface area (Å²) in [4.78, 5) is 4.51. The van der Waals surface area contributed by atoms with Crippen LogP contribution in [0.5, 0.6) is 0 Å². The smallest absolute Gasteiger partial charge is 0.0909 e. The number of hydrogen-bond acceptors (Lipinski definition) is 2. The summed E-state index contributed by atoms with van der Waals surface area (Å²) in [6.45, 7) is 2.57. The molecule has 1 aromatic carbocycles. The van der Waals surface area contributed by atoms with Crippen molar-refractivity contribution in [2.45, 2.75) is 45.1 Å². The van der Waals surface area contributed by atoms with Crippen LogP contribution >= 0.6 is 23.2 Å². The van der Waals surface area contributed by atoms with Gasteiger partial charge in [0.05, 0.1) is 21.9 Å². The van der Waals surface area contributed by atoms with Crippen LogP contribution in [-0.2, 0) is 6.42 Å². The number of rotatable bonds is 8. The van der Waals surface area contributed by atoms with Gasteiger partial charge in [-0.15, -0.1) is 0 Å². The Morgan fingerprint density at radius 3 is 2.55 bits per heavy atom. The van der Waals surface area contributed by atoms with E-state index in [1.165, 1.54) is 0 Å². The van der Waals surface area contributed by atoms with E-state index in [-0.39, 0.29) is 6.04 Å². The molecule has 0 spiro atoms. The fourth-order valence-electron chi connectivity index (χ4n) is 2.14. The molecule has 0 radical (unpaired) electrons. The van der Waals surface area contributed by atoms with Gasteiger partial charge in [-0.25, -0.2) is 0 Å². The maximum atomic E-state index is 6.04. The molecule has 0 saturated heterocycles. The zero-order valence-corrected chi connectivity index (χ0v) is 13.4. The minimum atomic E-state index is 0.190. The Bertz CT molecular complexity index is 443. The molecule has 0 amide bonds. The molecule has 0 bridgehead atoms. The number of benzene rings is 1. The second kappa shape index (κ2) is 9.22. The second-order valence-corrected chi connectivity index (χ2v) is 5.83. The van der Waals surface area contributed by atoms with Crippen LogP contribution in [-0.4, -0.2) is 18.4 Å². The normalized spacial score (nSPS) is 13.5. The molecule has 0 aliphatic rings. The van der Waals surface area contributed by atoms with Gasteiger partial charge in [0.2, 0.25) is 0 Å².